The van der Waals surface area contributed by atoms with Crippen LogP contribution in [0, 0.1) is 0 Å². The normalized spacial score (nSPS) is 11.5. The van der Waals surface area contributed by atoms with Crippen molar-refractivity contribution < 1.29 is 22.1 Å². The molecule has 136 valence electrons. The van der Waals surface area contributed by atoms with Gasteiger partial charge in [-0.25, -0.2) is 0 Å². The summed E-state index contributed by atoms with van der Waals surface area (Å²) in [4.78, 5) is 4.32. The van der Waals surface area contributed by atoms with Crippen LogP contribution in [0.2, 0.25) is 0 Å². The zero-order valence-corrected chi connectivity index (χ0v) is 15.1. The molecule has 2 aromatic heterocycles. The molecule has 1 aromatic carbocycles. The summed E-state index contributed by atoms with van der Waals surface area (Å²) in [6.07, 6.45) is 0.993. The molecule has 9 heteroatoms. The number of nitrogens with zero attached hydrogens (tertiary/aromatic N) is 3. The van der Waals surface area contributed by atoms with E-state index in [1.54, 1.807) is 18.2 Å². The molecule has 3 aromatic rings. The Morgan fingerprint density at radius 3 is 2.15 bits per heavy atom. The molecule has 0 saturated heterocycles. The first-order valence-electron chi connectivity index (χ1n) is 7.67. The minimum Gasteiger partial charge on any atom is -0.479 e. The Kier molecular flexibility index (Phi) is 5.29. The molecule has 0 aliphatic carbocycles. The topological polar surface area (TPSA) is 101 Å². The molecule has 2 heterocycles. The van der Waals surface area contributed by atoms with Crippen LogP contribution in [0.5, 0.6) is 11.8 Å². The maximum Gasteiger partial charge on any atom is 0.264 e. The maximum atomic E-state index is 11.1. The number of benzene rings is 1. The summed E-state index contributed by atoms with van der Waals surface area (Å²) in [5, 5.41) is 9.63. The lowest BCUT2D eigenvalue weighted by atomic mass is 10.2. The number of ether oxygens (including phenoxy) is 2. The van der Waals surface area contributed by atoms with Crippen LogP contribution in [0.3, 0.4) is 0 Å². The van der Waals surface area contributed by atoms with Crippen LogP contribution in [0.15, 0.2) is 42.5 Å². The van der Waals surface area contributed by atoms with Crippen molar-refractivity contribution in [2.24, 2.45) is 0 Å². The first-order chi connectivity index (χ1) is 12.5. The number of fused-ring (bicyclic) bond motifs is 1. The molecule has 26 heavy (non-hydrogen) atoms. The second-order valence-electron chi connectivity index (χ2n) is 5.44. The van der Waals surface area contributed by atoms with Gasteiger partial charge in [-0.2, -0.15) is 8.42 Å². The first-order valence-corrected chi connectivity index (χ1v) is 9.49. The standard InChI is InChI=1S/C17H17N3O5S/c1-23-16-14-8-3-4-9-15(14)17(20-19-16)24-10-12-6-5-7-13(18-12)11-25-26(2,21)22/h3-9H,10-11H2,1-2H3. The average molecular weight is 375 g/mol. The van der Waals surface area contributed by atoms with Crippen LogP contribution in [0.1, 0.15) is 11.4 Å². The number of rotatable bonds is 7. The highest BCUT2D eigenvalue weighted by atomic mass is 32.2. The van der Waals surface area contributed by atoms with E-state index in [0.717, 1.165) is 17.0 Å². The molecule has 0 amide bonds. The molecule has 0 aliphatic heterocycles. The predicted molar refractivity (Wildman–Crippen MR) is 94.3 cm³/mol. The molecule has 3 rings (SSSR count). The van der Waals surface area contributed by atoms with Gasteiger partial charge in [-0.1, -0.05) is 18.2 Å². The Morgan fingerprint density at radius 1 is 0.885 bits per heavy atom. The SMILES string of the molecule is COc1nnc(OCc2cccc(COS(C)(=O)=O)n2)c2ccccc12. The quantitative estimate of drug-likeness (QED) is 0.579. The van der Waals surface area contributed by atoms with Crippen LogP contribution >= 0.6 is 0 Å². The van der Waals surface area contributed by atoms with Crippen molar-refractivity contribution in [3.05, 3.63) is 53.9 Å². The van der Waals surface area contributed by atoms with Crippen molar-refractivity contribution in [3.63, 3.8) is 0 Å². The minimum atomic E-state index is -3.52. The van der Waals surface area contributed by atoms with E-state index in [1.807, 2.05) is 24.3 Å². The largest absolute Gasteiger partial charge is 0.479 e. The first kappa shape index (κ1) is 18.0. The number of hydrogen-bond donors (Lipinski definition) is 0. The van der Waals surface area contributed by atoms with Gasteiger partial charge in [0, 0.05) is 0 Å². The monoisotopic (exact) mass is 375 g/mol. The summed E-state index contributed by atoms with van der Waals surface area (Å²) in [7, 11) is -1.99. The van der Waals surface area contributed by atoms with Gasteiger partial charge < -0.3 is 9.47 Å². The number of pyridine rings is 1. The molecule has 0 unspecified atom stereocenters. The summed E-state index contributed by atoms with van der Waals surface area (Å²) in [6, 6.07) is 12.7. The number of hydrogen-bond acceptors (Lipinski definition) is 8. The van der Waals surface area contributed by atoms with Crippen LogP contribution in [0.4, 0.5) is 0 Å². The third-order valence-electron chi connectivity index (χ3n) is 3.45. The van der Waals surface area contributed by atoms with E-state index in [1.165, 1.54) is 7.11 Å². The van der Waals surface area contributed by atoms with Crippen LogP contribution < -0.4 is 9.47 Å². The Hall–Kier alpha value is -2.78. The van der Waals surface area contributed by atoms with E-state index in [-0.39, 0.29) is 13.2 Å². The Bertz CT molecular complexity index is 1020. The average Bonchev–Trinajstić information content (AvgIpc) is 2.64. The van der Waals surface area contributed by atoms with Crippen molar-refractivity contribution in [2.45, 2.75) is 13.2 Å². The molecule has 0 aliphatic rings. The maximum absolute atomic E-state index is 11.1. The molecular weight excluding hydrogens is 358 g/mol. The van der Waals surface area contributed by atoms with Gasteiger partial charge in [-0.15, -0.1) is 10.2 Å². The smallest absolute Gasteiger partial charge is 0.264 e. The van der Waals surface area contributed by atoms with Gasteiger partial charge in [-0.05, 0) is 24.3 Å². The summed E-state index contributed by atoms with van der Waals surface area (Å²) in [5.41, 5.74) is 1.10. The summed E-state index contributed by atoms with van der Waals surface area (Å²) < 4.78 is 37.9. The molecular formula is C17H17N3O5S. The highest BCUT2D eigenvalue weighted by Gasteiger charge is 2.11. The molecule has 0 N–H and O–H groups in total. The van der Waals surface area contributed by atoms with E-state index in [4.69, 9.17) is 13.7 Å². The fourth-order valence-electron chi connectivity index (χ4n) is 2.31. The molecule has 0 saturated carbocycles. The Balaban J connectivity index is 1.76. The van der Waals surface area contributed by atoms with Crippen molar-refractivity contribution >= 4 is 20.9 Å². The van der Waals surface area contributed by atoms with E-state index in [2.05, 4.69) is 15.2 Å². The zero-order valence-electron chi connectivity index (χ0n) is 14.2. The van der Waals surface area contributed by atoms with Gasteiger partial charge in [-0.3, -0.25) is 9.17 Å². The zero-order chi connectivity index (χ0) is 18.6. The Labute approximate surface area is 150 Å². The summed E-state index contributed by atoms with van der Waals surface area (Å²) >= 11 is 0. The minimum absolute atomic E-state index is 0.127. The Morgan fingerprint density at radius 2 is 1.50 bits per heavy atom. The second-order valence-corrected chi connectivity index (χ2v) is 7.08. The number of methoxy groups -OCH3 is 1. The van der Waals surface area contributed by atoms with Gasteiger partial charge in [0.2, 0.25) is 11.8 Å². The van der Waals surface area contributed by atoms with Crippen LogP contribution in [-0.2, 0) is 27.5 Å². The molecule has 0 spiro atoms. The molecule has 0 atom stereocenters. The van der Waals surface area contributed by atoms with Crippen molar-refractivity contribution in [3.8, 4) is 11.8 Å². The lowest BCUT2D eigenvalue weighted by Crippen LogP contribution is -2.06. The lowest BCUT2D eigenvalue weighted by molar-refractivity contribution is 0.283. The third-order valence-corrected chi connectivity index (χ3v) is 4.00. The van der Waals surface area contributed by atoms with Gasteiger partial charge in [0.05, 0.1) is 35.5 Å². The molecule has 0 fully saturated rings. The van der Waals surface area contributed by atoms with E-state index < -0.39 is 10.1 Å². The summed E-state index contributed by atoms with van der Waals surface area (Å²) in [5.74, 6) is 0.784. The fourth-order valence-corrected chi connectivity index (χ4v) is 2.65. The lowest BCUT2D eigenvalue weighted by Gasteiger charge is -2.10. The van der Waals surface area contributed by atoms with Crippen molar-refractivity contribution in [1.29, 1.82) is 0 Å². The van der Waals surface area contributed by atoms with Gasteiger partial charge in [0.25, 0.3) is 10.1 Å². The van der Waals surface area contributed by atoms with E-state index in [9.17, 15) is 8.42 Å². The van der Waals surface area contributed by atoms with Gasteiger partial charge in [0.15, 0.2) is 0 Å². The van der Waals surface area contributed by atoms with Crippen LogP contribution in [-0.4, -0.2) is 37.0 Å². The molecule has 8 nitrogen and oxygen atoms in total. The third kappa shape index (κ3) is 4.44. The fraction of sp³-hybridized carbons (Fsp3) is 0.235. The van der Waals surface area contributed by atoms with Crippen molar-refractivity contribution in [1.82, 2.24) is 15.2 Å². The van der Waals surface area contributed by atoms with Crippen molar-refractivity contribution in [2.75, 3.05) is 13.4 Å². The van der Waals surface area contributed by atoms with E-state index >= 15 is 0 Å². The predicted octanol–water partition coefficient (Wildman–Crippen LogP) is 2.09. The summed E-state index contributed by atoms with van der Waals surface area (Å²) in [6.45, 7) is 0.0235. The highest BCUT2D eigenvalue weighted by Crippen LogP contribution is 2.28. The number of aromatic nitrogens is 3. The van der Waals surface area contributed by atoms with E-state index in [0.29, 0.717) is 23.1 Å². The highest BCUT2D eigenvalue weighted by molar-refractivity contribution is 7.85. The van der Waals surface area contributed by atoms with Crippen LogP contribution in [0.25, 0.3) is 10.8 Å². The second kappa shape index (κ2) is 7.63. The van der Waals surface area contributed by atoms with Gasteiger partial charge >= 0.3 is 0 Å². The molecule has 0 radical (unpaired) electrons. The van der Waals surface area contributed by atoms with Gasteiger partial charge in [0.1, 0.15) is 13.2 Å². The molecule has 0 bridgehead atoms.